The molecule has 0 aliphatic carbocycles. The number of benzene rings is 1. The van der Waals surface area contributed by atoms with E-state index in [0.29, 0.717) is 5.92 Å². The summed E-state index contributed by atoms with van der Waals surface area (Å²) < 4.78 is 0. The van der Waals surface area contributed by atoms with Crippen LogP contribution in [0.4, 0.5) is 0 Å². The first-order valence-corrected chi connectivity index (χ1v) is 10.4. The Morgan fingerprint density at radius 2 is 1.96 bits per heavy atom. The third-order valence-electron chi connectivity index (χ3n) is 5.61. The topological polar surface area (TPSA) is 48.9 Å². The molecule has 2 aromatic rings. The van der Waals surface area contributed by atoms with Gasteiger partial charge in [0.05, 0.1) is 18.1 Å². The van der Waals surface area contributed by atoms with E-state index in [1.807, 2.05) is 19.2 Å². The summed E-state index contributed by atoms with van der Waals surface area (Å²) in [6, 6.07) is 10.5. The van der Waals surface area contributed by atoms with Crippen LogP contribution in [0.15, 0.2) is 42.9 Å². The van der Waals surface area contributed by atoms with Crippen LogP contribution < -0.4 is 0 Å². The molecule has 0 saturated heterocycles. The predicted molar refractivity (Wildman–Crippen MR) is 113 cm³/mol. The van der Waals surface area contributed by atoms with Gasteiger partial charge in [-0.1, -0.05) is 63.4 Å². The number of nitrogens with one attached hydrogen (secondary N) is 1. The van der Waals surface area contributed by atoms with Gasteiger partial charge in [0.1, 0.15) is 0 Å². The highest BCUT2D eigenvalue weighted by atomic mass is 32.1. The Bertz CT molecular complexity index is 614. The molecule has 0 fully saturated rings. The van der Waals surface area contributed by atoms with Crippen LogP contribution in [0.25, 0.3) is 0 Å². The van der Waals surface area contributed by atoms with Gasteiger partial charge in [-0.25, -0.2) is 4.98 Å². The second-order valence-corrected chi connectivity index (χ2v) is 8.43. The van der Waals surface area contributed by atoms with Crippen molar-refractivity contribution in [2.45, 2.75) is 70.7 Å². The number of aliphatic hydroxyl groups excluding tert-OH is 1. The molecule has 1 aromatic carbocycles. The Kier molecular flexibility index (Phi) is 8.23. The minimum Gasteiger partial charge on any atom is -0.393 e. The molecular weight excluding hydrogens is 340 g/mol. The van der Waals surface area contributed by atoms with Gasteiger partial charge >= 0.3 is 0 Å². The molecule has 0 aliphatic rings. The van der Waals surface area contributed by atoms with E-state index in [4.69, 9.17) is 12.6 Å². The summed E-state index contributed by atoms with van der Waals surface area (Å²) in [5.74, 6) is 0.550. The zero-order valence-corrected chi connectivity index (χ0v) is 17.3. The standard InChI is InChI=1S/C22H34N2OS/c1-4-5-9-17(2)13-22(18(3)25,14-20-15-23-16-24-20)21(26)12-19-10-7-6-8-11-19/h6-8,10-11,15-18,21,25-26H,4-5,9,12-14H2,1-3H3,(H,23,24). The maximum atomic E-state index is 10.9. The fourth-order valence-electron chi connectivity index (χ4n) is 3.99. The van der Waals surface area contributed by atoms with E-state index in [9.17, 15) is 5.11 Å². The molecule has 4 heteroatoms. The van der Waals surface area contributed by atoms with Crippen molar-refractivity contribution in [1.29, 1.82) is 0 Å². The Balaban J connectivity index is 2.27. The van der Waals surface area contributed by atoms with Crippen LogP contribution in [-0.4, -0.2) is 26.4 Å². The number of H-pyrrole nitrogens is 1. The van der Waals surface area contributed by atoms with Crippen molar-refractivity contribution < 1.29 is 5.11 Å². The number of nitrogens with zero attached hydrogens (tertiary/aromatic N) is 1. The summed E-state index contributed by atoms with van der Waals surface area (Å²) in [5.41, 5.74) is 1.96. The highest BCUT2D eigenvalue weighted by molar-refractivity contribution is 7.81. The molecule has 1 aromatic heterocycles. The van der Waals surface area contributed by atoms with Crippen LogP contribution in [0.5, 0.6) is 0 Å². The lowest BCUT2D eigenvalue weighted by molar-refractivity contribution is 0.0166. The number of hydrogen-bond acceptors (Lipinski definition) is 3. The summed E-state index contributed by atoms with van der Waals surface area (Å²) >= 11 is 5.04. The second kappa shape index (κ2) is 10.2. The summed E-state index contributed by atoms with van der Waals surface area (Å²) in [6.45, 7) is 6.46. The maximum absolute atomic E-state index is 10.9. The Morgan fingerprint density at radius 3 is 2.54 bits per heavy atom. The lowest BCUT2D eigenvalue weighted by Crippen LogP contribution is -2.45. The van der Waals surface area contributed by atoms with Crippen LogP contribution in [0, 0.1) is 11.3 Å². The number of imidazole rings is 1. The zero-order valence-electron chi connectivity index (χ0n) is 16.4. The number of unbranched alkanes of at least 4 members (excludes halogenated alkanes) is 1. The van der Waals surface area contributed by atoms with Crippen LogP contribution in [-0.2, 0) is 12.8 Å². The fourth-order valence-corrected chi connectivity index (χ4v) is 4.61. The average Bonchev–Trinajstić information content (AvgIpc) is 3.12. The highest BCUT2D eigenvalue weighted by Gasteiger charge is 2.42. The largest absolute Gasteiger partial charge is 0.393 e. The minimum absolute atomic E-state index is 0.0608. The third kappa shape index (κ3) is 5.62. The van der Waals surface area contributed by atoms with Crippen molar-refractivity contribution in [3.63, 3.8) is 0 Å². The van der Waals surface area contributed by atoms with Crippen LogP contribution in [0.1, 0.15) is 57.7 Å². The van der Waals surface area contributed by atoms with Crippen LogP contribution in [0.2, 0.25) is 0 Å². The van der Waals surface area contributed by atoms with Crippen molar-refractivity contribution in [2.24, 2.45) is 11.3 Å². The quantitative estimate of drug-likeness (QED) is 0.481. The summed E-state index contributed by atoms with van der Waals surface area (Å²) in [5, 5.41) is 11.0. The van der Waals surface area contributed by atoms with Gasteiger partial charge < -0.3 is 10.1 Å². The smallest absolute Gasteiger partial charge is 0.0923 e. The molecule has 3 nitrogen and oxygen atoms in total. The first-order valence-electron chi connectivity index (χ1n) is 9.85. The van der Waals surface area contributed by atoms with E-state index >= 15 is 0 Å². The van der Waals surface area contributed by atoms with Crippen molar-refractivity contribution in [1.82, 2.24) is 9.97 Å². The zero-order chi connectivity index (χ0) is 19.0. The molecule has 1 heterocycles. The minimum atomic E-state index is -0.450. The molecular formula is C22H34N2OS. The molecule has 0 amide bonds. The number of hydrogen-bond donors (Lipinski definition) is 3. The number of rotatable bonds is 11. The molecule has 2 N–H and O–H groups in total. The van der Waals surface area contributed by atoms with Crippen molar-refractivity contribution in [3.8, 4) is 0 Å². The van der Waals surface area contributed by atoms with Gasteiger partial charge in [0.2, 0.25) is 0 Å². The maximum Gasteiger partial charge on any atom is 0.0923 e. The fraction of sp³-hybridized carbons (Fsp3) is 0.591. The second-order valence-electron chi connectivity index (χ2n) is 7.80. The average molecular weight is 375 g/mol. The first kappa shape index (κ1) is 21.0. The highest BCUT2D eigenvalue weighted by Crippen LogP contribution is 2.42. The predicted octanol–water partition coefficient (Wildman–Crippen LogP) is 5.08. The summed E-state index contributed by atoms with van der Waals surface area (Å²) in [6.07, 6.45) is 9.38. The van der Waals surface area contributed by atoms with E-state index in [2.05, 4.69) is 48.1 Å². The van der Waals surface area contributed by atoms with Gasteiger partial charge in [0.15, 0.2) is 0 Å². The molecule has 0 saturated carbocycles. The molecule has 4 atom stereocenters. The molecule has 0 spiro atoms. The Morgan fingerprint density at radius 1 is 1.23 bits per heavy atom. The van der Waals surface area contributed by atoms with Gasteiger partial charge in [-0.3, -0.25) is 0 Å². The summed E-state index contributed by atoms with van der Waals surface area (Å²) in [7, 11) is 0. The number of thiol groups is 1. The van der Waals surface area contributed by atoms with Gasteiger partial charge in [0, 0.05) is 23.3 Å². The van der Waals surface area contributed by atoms with Gasteiger partial charge in [-0.05, 0) is 31.2 Å². The summed E-state index contributed by atoms with van der Waals surface area (Å²) in [4.78, 5) is 7.49. The van der Waals surface area contributed by atoms with Crippen molar-refractivity contribution in [3.05, 3.63) is 54.1 Å². The molecule has 0 aliphatic heterocycles. The molecule has 144 valence electrons. The number of aromatic nitrogens is 2. The Labute approximate surface area is 164 Å². The van der Waals surface area contributed by atoms with E-state index in [1.165, 1.54) is 24.8 Å². The monoisotopic (exact) mass is 374 g/mol. The lowest BCUT2D eigenvalue weighted by Gasteiger charge is -2.43. The van der Waals surface area contributed by atoms with E-state index in [0.717, 1.165) is 25.0 Å². The van der Waals surface area contributed by atoms with Crippen LogP contribution in [0.3, 0.4) is 0 Å². The molecule has 2 rings (SSSR count). The van der Waals surface area contributed by atoms with Crippen molar-refractivity contribution >= 4 is 12.6 Å². The van der Waals surface area contributed by atoms with E-state index in [1.54, 1.807) is 6.33 Å². The van der Waals surface area contributed by atoms with Gasteiger partial charge in [-0.15, -0.1) is 0 Å². The molecule has 26 heavy (non-hydrogen) atoms. The normalized spacial score (nSPS) is 17.4. The van der Waals surface area contributed by atoms with Gasteiger partial charge in [-0.2, -0.15) is 12.6 Å². The number of aliphatic hydroxyl groups is 1. The first-order chi connectivity index (χ1) is 12.5. The SMILES string of the molecule is CCCCC(C)CC(Cc1c[nH]cn1)(C(C)O)C(S)Cc1ccccc1. The van der Waals surface area contributed by atoms with E-state index in [-0.39, 0.29) is 10.7 Å². The molecule has 4 unspecified atom stereocenters. The van der Waals surface area contributed by atoms with Gasteiger partial charge in [0.25, 0.3) is 0 Å². The molecule has 0 radical (unpaired) electrons. The van der Waals surface area contributed by atoms with Crippen LogP contribution >= 0.6 is 12.6 Å². The van der Waals surface area contributed by atoms with E-state index < -0.39 is 6.10 Å². The van der Waals surface area contributed by atoms with Crippen molar-refractivity contribution in [2.75, 3.05) is 0 Å². The number of aromatic amines is 1. The third-order valence-corrected chi connectivity index (χ3v) is 6.31. The molecule has 0 bridgehead atoms. The lowest BCUT2D eigenvalue weighted by atomic mass is 9.68. The Hall–Kier alpha value is -1.26.